The number of rotatable bonds is 13. The van der Waals surface area contributed by atoms with E-state index in [4.69, 9.17) is 4.74 Å². The quantitative estimate of drug-likeness (QED) is 0.143. The smallest absolute Gasteiger partial charge is 0.343 e. The predicted molar refractivity (Wildman–Crippen MR) is 233 cm³/mol. The van der Waals surface area contributed by atoms with Crippen LogP contribution in [0.15, 0.2) is 36.8 Å². The highest BCUT2D eigenvalue weighted by atomic mass is 19.1. The molecule has 3 amide bonds. The molecule has 18 heteroatoms. The lowest BCUT2D eigenvalue weighted by Crippen LogP contribution is -2.54. The molecule has 334 valence electrons. The fourth-order valence-electron chi connectivity index (χ4n) is 9.88. The molecular weight excluding hydrogens is 796 g/mol. The van der Waals surface area contributed by atoms with Crippen LogP contribution in [-0.4, -0.2) is 142 Å². The van der Waals surface area contributed by atoms with Crippen molar-refractivity contribution >= 4 is 52.5 Å². The molecule has 2 saturated carbocycles. The summed E-state index contributed by atoms with van der Waals surface area (Å²) in [5, 5.41) is 16.3. The fraction of sp³-hybridized carbons (Fsp3) is 0.614. The SMILES string of the molecule is CCOC(=O)c1cnc(Nc2cnn(C)c2)nc1NC1CCC(N2CCN(C(=O)C3CCC(CN4CCN(c5ccc(NC6CCC(=O)NC6=O)cc5F)CC4)CC3)CC2)CC1. The zero-order valence-corrected chi connectivity index (χ0v) is 36.0. The second-order valence-corrected chi connectivity index (χ2v) is 17.5. The second kappa shape index (κ2) is 19.8. The maximum Gasteiger partial charge on any atom is 0.343 e. The molecule has 2 aliphatic carbocycles. The molecule has 2 aromatic heterocycles. The zero-order valence-electron chi connectivity index (χ0n) is 36.0. The highest BCUT2D eigenvalue weighted by Crippen LogP contribution is 2.33. The van der Waals surface area contributed by atoms with Gasteiger partial charge in [0.2, 0.25) is 23.7 Å². The van der Waals surface area contributed by atoms with Crippen molar-refractivity contribution in [3.8, 4) is 0 Å². The van der Waals surface area contributed by atoms with Gasteiger partial charge in [0.15, 0.2) is 0 Å². The maximum absolute atomic E-state index is 15.2. The second-order valence-electron chi connectivity index (χ2n) is 17.5. The molecule has 1 aromatic carbocycles. The summed E-state index contributed by atoms with van der Waals surface area (Å²) in [5.41, 5.74) is 2.16. The summed E-state index contributed by atoms with van der Waals surface area (Å²) in [6.45, 7) is 9.60. The molecule has 4 N–H and O–H groups in total. The number of hydrogen-bond acceptors (Lipinski definition) is 14. The zero-order chi connectivity index (χ0) is 43.2. The van der Waals surface area contributed by atoms with Gasteiger partial charge in [-0.2, -0.15) is 10.1 Å². The molecule has 0 radical (unpaired) electrons. The van der Waals surface area contributed by atoms with Gasteiger partial charge in [-0.15, -0.1) is 0 Å². The standard InChI is InChI=1S/C44H61FN12O5/c1-3-62-43(61)35-26-46-44(50-33-25-47-53(2)28-33)52-40(35)49-31-8-11-34(12-9-31)55-20-22-57(23-21-55)42(60)30-6-4-29(5-7-30)27-54-16-18-56(19-17-54)38-14-10-32(24-36(38)45)48-37-13-15-39(58)51-41(37)59/h10,14,24-26,28-31,34,37,48H,3-9,11-13,15-23,27H2,1-2H3,(H,51,58,59)(H2,46,49,50,52). The van der Waals surface area contributed by atoms with E-state index >= 15 is 4.39 Å². The first-order valence-corrected chi connectivity index (χ1v) is 22.5. The number of aryl methyl sites for hydroxylation is 1. The van der Waals surface area contributed by atoms with E-state index in [1.807, 2.05) is 13.2 Å². The van der Waals surface area contributed by atoms with Gasteiger partial charge in [0.05, 0.1) is 24.2 Å². The molecule has 3 aliphatic heterocycles. The molecule has 1 atom stereocenters. The summed E-state index contributed by atoms with van der Waals surface area (Å²) in [4.78, 5) is 68.3. The number of nitrogens with zero attached hydrogens (tertiary/aromatic N) is 8. The topological polar surface area (TPSA) is 182 Å². The van der Waals surface area contributed by atoms with Crippen molar-refractivity contribution in [1.29, 1.82) is 0 Å². The Balaban J connectivity index is 0.731. The summed E-state index contributed by atoms with van der Waals surface area (Å²) in [5.74, 6) is 0.405. The Labute approximate surface area is 362 Å². The van der Waals surface area contributed by atoms with Gasteiger partial charge in [-0.3, -0.25) is 34.2 Å². The van der Waals surface area contributed by atoms with E-state index in [2.05, 4.69) is 55.9 Å². The van der Waals surface area contributed by atoms with Gasteiger partial charge in [-0.1, -0.05) is 0 Å². The van der Waals surface area contributed by atoms with Gasteiger partial charge >= 0.3 is 5.97 Å². The van der Waals surface area contributed by atoms with E-state index in [0.717, 1.165) is 116 Å². The van der Waals surface area contributed by atoms with Crippen LogP contribution in [0.2, 0.25) is 0 Å². The van der Waals surface area contributed by atoms with Crippen molar-refractivity contribution in [2.75, 3.05) is 86.4 Å². The number of nitrogens with one attached hydrogen (secondary N) is 4. The Kier molecular flexibility index (Phi) is 13.8. The number of benzene rings is 1. The van der Waals surface area contributed by atoms with Gasteiger partial charge in [-0.05, 0) is 88.8 Å². The third-order valence-corrected chi connectivity index (χ3v) is 13.4. The molecule has 8 rings (SSSR count). The lowest BCUT2D eigenvalue weighted by atomic mass is 9.81. The van der Waals surface area contributed by atoms with Crippen LogP contribution in [0.3, 0.4) is 0 Å². The number of ether oxygens (including phenoxy) is 1. The van der Waals surface area contributed by atoms with E-state index < -0.39 is 12.0 Å². The minimum absolute atomic E-state index is 0.105. The summed E-state index contributed by atoms with van der Waals surface area (Å²) < 4.78 is 22.2. The molecule has 1 unspecified atom stereocenters. The number of aromatic nitrogens is 4. The first-order chi connectivity index (χ1) is 30.1. The van der Waals surface area contributed by atoms with E-state index in [9.17, 15) is 19.2 Å². The van der Waals surface area contributed by atoms with Crippen LogP contribution in [0.25, 0.3) is 0 Å². The van der Waals surface area contributed by atoms with Gasteiger partial charge in [-0.25, -0.2) is 14.2 Å². The Hall–Kier alpha value is -5.36. The number of amides is 3. The van der Waals surface area contributed by atoms with Crippen LogP contribution in [-0.2, 0) is 26.2 Å². The predicted octanol–water partition coefficient (Wildman–Crippen LogP) is 3.98. The highest BCUT2D eigenvalue weighted by molar-refractivity contribution is 6.01. The Morgan fingerprint density at radius 3 is 2.32 bits per heavy atom. The minimum atomic E-state index is -0.551. The molecule has 5 heterocycles. The van der Waals surface area contributed by atoms with Crippen LogP contribution < -0.4 is 26.2 Å². The van der Waals surface area contributed by atoms with Gasteiger partial charge in [0.25, 0.3) is 0 Å². The third kappa shape index (κ3) is 10.6. The van der Waals surface area contributed by atoms with E-state index in [0.29, 0.717) is 53.0 Å². The lowest BCUT2D eigenvalue weighted by molar-refractivity contribution is -0.139. The van der Waals surface area contributed by atoms with E-state index in [1.54, 1.807) is 29.9 Å². The fourth-order valence-corrected chi connectivity index (χ4v) is 9.88. The minimum Gasteiger partial charge on any atom is -0.462 e. The number of imide groups is 1. The van der Waals surface area contributed by atoms with Crippen molar-refractivity contribution in [3.05, 3.63) is 48.2 Å². The van der Waals surface area contributed by atoms with Gasteiger partial charge in [0, 0.05) is 108 Å². The molecule has 0 bridgehead atoms. The Morgan fingerprint density at radius 2 is 1.65 bits per heavy atom. The number of carbonyl (C=O) groups is 4. The maximum atomic E-state index is 15.2. The van der Waals surface area contributed by atoms with Gasteiger partial charge < -0.3 is 30.5 Å². The van der Waals surface area contributed by atoms with Crippen LogP contribution in [0.1, 0.15) is 81.5 Å². The molecule has 5 fully saturated rings. The third-order valence-electron chi connectivity index (χ3n) is 13.4. The first-order valence-electron chi connectivity index (χ1n) is 22.5. The van der Waals surface area contributed by atoms with Crippen LogP contribution >= 0.6 is 0 Å². The van der Waals surface area contributed by atoms with Crippen molar-refractivity contribution in [2.24, 2.45) is 18.9 Å². The highest BCUT2D eigenvalue weighted by Gasteiger charge is 2.35. The Morgan fingerprint density at radius 1 is 0.887 bits per heavy atom. The summed E-state index contributed by atoms with van der Waals surface area (Å²) in [6.07, 6.45) is 13.6. The number of halogens is 1. The molecule has 5 aliphatic rings. The molecule has 3 saturated heterocycles. The van der Waals surface area contributed by atoms with Crippen molar-refractivity contribution < 1.29 is 28.3 Å². The number of piperidine rings is 1. The molecule has 17 nitrogen and oxygen atoms in total. The number of esters is 1. The van der Waals surface area contributed by atoms with Crippen LogP contribution in [0.5, 0.6) is 0 Å². The normalized spacial score (nSPS) is 25.2. The molecular formula is C44H61FN12O5. The number of anilines is 5. The number of carbonyl (C=O) groups excluding carboxylic acids is 4. The Bertz CT molecular complexity index is 2050. The lowest BCUT2D eigenvalue weighted by Gasteiger charge is -2.43. The average molecular weight is 857 g/mol. The van der Waals surface area contributed by atoms with Crippen molar-refractivity contribution in [3.63, 3.8) is 0 Å². The molecule has 62 heavy (non-hydrogen) atoms. The van der Waals surface area contributed by atoms with Crippen LogP contribution in [0.4, 0.5) is 33.2 Å². The summed E-state index contributed by atoms with van der Waals surface area (Å²) in [7, 11) is 1.84. The van der Waals surface area contributed by atoms with Gasteiger partial charge in [0.1, 0.15) is 23.2 Å². The number of piperazine rings is 2. The summed E-state index contributed by atoms with van der Waals surface area (Å²) >= 11 is 0. The van der Waals surface area contributed by atoms with E-state index in [-0.39, 0.29) is 42.6 Å². The van der Waals surface area contributed by atoms with Crippen LogP contribution in [0, 0.1) is 17.7 Å². The van der Waals surface area contributed by atoms with Crippen molar-refractivity contribution in [1.82, 2.24) is 39.8 Å². The van der Waals surface area contributed by atoms with Crippen molar-refractivity contribution in [2.45, 2.75) is 89.3 Å². The molecule has 0 spiro atoms. The monoisotopic (exact) mass is 856 g/mol. The molecule has 3 aromatic rings. The number of hydrogen-bond donors (Lipinski definition) is 4. The van der Waals surface area contributed by atoms with E-state index in [1.165, 1.54) is 12.3 Å². The largest absolute Gasteiger partial charge is 0.462 e. The average Bonchev–Trinajstić information content (AvgIpc) is 3.69. The summed E-state index contributed by atoms with van der Waals surface area (Å²) in [6, 6.07) is 5.08. The first kappa shape index (κ1) is 43.3.